The quantitative estimate of drug-likeness (QED) is 0.139. The molecule has 0 bridgehead atoms. The minimum Gasteiger partial charge on any atom is -0.485 e. The number of ether oxygens (including phenoxy) is 2. The van der Waals surface area contributed by atoms with Crippen molar-refractivity contribution in [3.8, 4) is 11.5 Å². The van der Waals surface area contributed by atoms with Crippen LogP contribution in [0.25, 0.3) is 41.4 Å². The summed E-state index contributed by atoms with van der Waals surface area (Å²) in [4.78, 5) is 5.83. The van der Waals surface area contributed by atoms with Crippen LogP contribution in [-0.4, -0.2) is 72.6 Å². The number of rotatable bonds is 11. The third-order valence-corrected chi connectivity index (χ3v) is 11.2. The Morgan fingerprint density at radius 3 is 2.19 bits per heavy atom. The standard InChI is InChI=1S/C38H40N5O2S3/c1-5-42-30-8-6-7-9-31(30)47-34(42)21-16-28-14-13-27(35-36(28)41-48-40-35)15-20-33-38-37(44-24-25-45-38)32(46-33)19-12-26-10-17-29(18-11-26)39-22-23-43(2,3)4/h6-21,34,39H,5,22-25H2,1-4H3/q+1/b19-12+,20-15+,21-16+. The van der Waals surface area contributed by atoms with Gasteiger partial charge in [-0.25, -0.2) is 0 Å². The molecule has 1 unspecified atom stereocenters. The predicted octanol–water partition coefficient (Wildman–Crippen LogP) is 8.95. The lowest BCUT2D eigenvalue weighted by molar-refractivity contribution is -0.868. The summed E-state index contributed by atoms with van der Waals surface area (Å²) in [5.41, 5.74) is 7.51. The van der Waals surface area contributed by atoms with E-state index in [1.807, 2.05) is 11.8 Å². The van der Waals surface area contributed by atoms with Gasteiger partial charge in [-0.2, -0.15) is 8.75 Å². The monoisotopic (exact) mass is 694 g/mol. The van der Waals surface area contributed by atoms with Gasteiger partial charge >= 0.3 is 0 Å². The Labute approximate surface area is 295 Å². The predicted molar refractivity (Wildman–Crippen MR) is 207 cm³/mol. The molecule has 1 atom stereocenters. The summed E-state index contributed by atoms with van der Waals surface area (Å²) in [6.07, 6.45) is 13.0. The van der Waals surface area contributed by atoms with Crippen molar-refractivity contribution in [2.45, 2.75) is 17.2 Å². The van der Waals surface area contributed by atoms with Gasteiger partial charge in [0.15, 0.2) is 11.5 Å². The summed E-state index contributed by atoms with van der Waals surface area (Å²) in [5.74, 6) is 1.62. The number of fused-ring (bicyclic) bond motifs is 3. The van der Waals surface area contributed by atoms with Crippen LogP contribution in [0.3, 0.4) is 0 Å². The fourth-order valence-corrected chi connectivity index (χ4v) is 8.63. The number of nitrogens with zero attached hydrogens (tertiary/aromatic N) is 4. The van der Waals surface area contributed by atoms with E-state index in [4.69, 9.17) is 9.47 Å². The zero-order chi connectivity index (χ0) is 33.1. The van der Waals surface area contributed by atoms with Crippen LogP contribution in [0.1, 0.15) is 33.4 Å². The largest absolute Gasteiger partial charge is 0.485 e. The maximum atomic E-state index is 6.12. The Morgan fingerprint density at radius 1 is 0.833 bits per heavy atom. The zero-order valence-electron chi connectivity index (χ0n) is 27.7. The third-order valence-electron chi connectivity index (χ3n) is 8.30. The van der Waals surface area contributed by atoms with Gasteiger partial charge < -0.3 is 24.2 Å². The van der Waals surface area contributed by atoms with E-state index < -0.39 is 0 Å². The smallest absolute Gasteiger partial charge is 0.180 e. The maximum Gasteiger partial charge on any atom is 0.180 e. The van der Waals surface area contributed by atoms with E-state index in [2.05, 4.69) is 144 Å². The molecule has 0 saturated carbocycles. The molecule has 10 heteroatoms. The molecule has 0 fully saturated rings. The molecular formula is C38H40N5O2S3+. The third kappa shape index (κ3) is 7.17. The Balaban J connectivity index is 1.07. The summed E-state index contributed by atoms with van der Waals surface area (Å²) < 4.78 is 22.5. The van der Waals surface area contributed by atoms with Crippen LogP contribution in [0.4, 0.5) is 11.4 Å². The fraction of sp³-hybridized carbons (Fsp3) is 0.263. The van der Waals surface area contributed by atoms with E-state index >= 15 is 0 Å². The second kappa shape index (κ2) is 14.2. The summed E-state index contributed by atoms with van der Waals surface area (Å²) in [6.45, 7) is 6.25. The van der Waals surface area contributed by atoms with E-state index in [0.717, 1.165) is 78.8 Å². The molecule has 246 valence electrons. The summed E-state index contributed by atoms with van der Waals surface area (Å²) in [7, 11) is 6.62. The molecule has 0 spiro atoms. The van der Waals surface area contributed by atoms with E-state index in [0.29, 0.717) is 13.2 Å². The minimum absolute atomic E-state index is 0.253. The molecule has 2 aliphatic rings. The van der Waals surface area contributed by atoms with Gasteiger partial charge in [-0.05, 0) is 48.9 Å². The first-order valence-electron chi connectivity index (χ1n) is 16.2. The van der Waals surface area contributed by atoms with Crippen molar-refractivity contribution in [1.82, 2.24) is 8.75 Å². The van der Waals surface area contributed by atoms with Gasteiger partial charge in [-0.3, -0.25) is 0 Å². The van der Waals surface area contributed by atoms with Crippen LogP contribution in [0.5, 0.6) is 11.5 Å². The topological polar surface area (TPSA) is 59.5 Å². The van der Waals surface area contributed by atoms with Crippen LogP contribution in [0, 0.1) is 0 Å². The van der Waals surface area contributed by atoms with Crippen molar-refractivity contribution < 1.29 is 14.0 Å². The molecule has 7 rings (SSSR count). The molecule has 0 amide bonds. The normalized spacial score (nSPS) is 16.2. The van der Waals surface area contributed by atoms with Gasteiger partial charge in [0, 0.05) is 28.3 Å². The molecule has 5 aromatic rings. The zero-order valence-corrected chi connectivity index (χ0v) is 30.1. The van der Waals surface area contributed by atoms with Crippen LogP contribution >= 0.6 is 34.8 Å². The van der Waals surface area contributed by atoms with E-state index in [9.17, 15) is 0 Å². The first-order chi connectivity index (χ1) is 23.4. The minimum atomic E-state index is 0.253. The number of likely N-dealkylation sites (N-methyl/N-ethyl adjacent to an activating group) is 2. The number of benzene rings is 3. The van der Waals surface area contributed by atoms with Crippen molar-refractivity contribution in [2.24, 2.45) is 0 Å². The lowest BCUT2D eigenvalue weighted by atomic mass is 10.1. The number of para-hydroxylation sites is 1. The number of nitrogens with one attached hydrogen (secondary N) is 1. The average molecular weight is 695 g/mol. The Kier molecular flexibility index (Phi) is 9.59. The fourth-order valence-electron chi connectivity index (χ4n) is 5.78. The van der Waals surface area contributed by atoms with Crippen LogP contribution < -0.4 is 19.7 Å². The molecular weight excluding hydrogens is 655 g/mol. The lowest BCUT2D eigenvalue weighted by Crippen LogP contribution is -2.38. The van der Waals surface area contributed by atoms with Gasteiger partial charge in [-0.15, -0.1) is 11.3 Å². The molecule has 7 nitrogen and oxygen atoms in total. The highest BCUT2D eigenvalue weighted by Crippen LogP contribution is 2.46. The SMILES string of the molecule is CCN1c2ccccc2SC1/C=C/c1ccc(/C=C/c2sc(/C=C/c3ccc(NCC[N+](C)(C)C)cc3)c3c2OCCO3)c2nsnc12. The van der Waals surface area contributed by atoms with Crippen molar-refractivity contribution in [1.29, 1.82) is 0 Å². The first-order valence-corrected chi connectivity index (χ1v) is 18.7. The summed E-state index contributed by atoms with van der Waals surface area (Å²) >= 11 is 4.81. The second-order valence-corrected chi connectivity index (χ2v) is 15.5. The average Bonchev–Trinajstić information content (AvgIpc) is 3.81. The van der Waals surface area contributed by atoms with E-state index in [1.54, 1.807) is 11.3 Å². The second-order valence-electron chi connectivity index (χ2n) is 12.7. The number of quaternary nitrogens is 1. The highest BCUT2D eigenvalue weighted by Gasteiger charge is 2.27. The van der Waals surface area contributed by atoms with Gasteiger partial charge in [0.2, 0.25) is 0 Å². The molecule has 4 heterocycles. The van der Waals surface area contributed by atoms with Crippen molar-refractivity contribution in [2.75, 3.05) is 64.2 Å². The summed E-state index contributed by atoms with van der Waals surface area (Å²) in [5, 5.41) is 3.77. The number of hydrogen-bond donors (Lipinski definition) is 1. The molecule has 2 aromatic heterocycles. The molecule has 0 saturated heterocycles. The molecule has 0 radical (unpaired) electrons. The van der Waals surface area contributed by atoms with Gasteiger partial charge in [0.1, 0.15) is 24.2 Å². The number of hydrogen-bond acceptors (Lipinski definition) is 9. The number of aromatic nitrogens is 2. The maximum absolute atomic E-state index is 6.12. The number of thioether (sulfide) groups is 1. The number of thiophene rings is 1. The van der Waals surface area contributed by atoms with Crippen LogP contribution in [0.2, 0.25) is 0 Å². The van der Waals surface area contributed by atoms with Crippen molar-refractivity contribution in [3.63, 3.8) is 0 Å². The first kappa shape index (κ1) is 32.5. The van der Waals surface area contributed by atoms with Crippen molar-refractivity contribution in [3.05, 3.63) is 93.2 Å². The Hall–Kier alpha value is -4.09. The van der Waals surface area contributed by atoms with Gasteiger partial charge in [0.25, 0.3) is 0 Å². The van der Waals surface area contributed by atoms with Gasteiger partial charge in [-0.1, -0.05) is 72.5 Å². The molecule has 1 N–H and O–H groups in total. The number of anilines is 2. The highest BCUT2D eigenvalue weighted by atomic mass is 32.2. The summed E-state index contributed by atoms with van der Waals surface area (Å²) in [6, 6.07) is 21.4. The lowest BCUT2D eigenvalue weighted by Gasteiger charge is -2.24. The Morgan fingerprint density at radius 2 is 1.50 bits per heavy atom. The highest BCUT2D eigenvalue weighted by molar-refractivity contribution is 8.00. The van der Waals surface area contributed by atoms with Gasteiger partial charge in [0.05, 0.1) is 66.8 Å². The van der Waals surface area contributed by atoms with E-state index in [1.165, 1.54) is 22.3 Å². The molecule has 2 aliphatic heterocycles. The van der Waals surface area contributed by atoms with Crippen LogP contribution in [-0.2, 0) is 0 Å². The van der Waals surface area contributed by atoms with E-state index in [-0.39, 0.29) is 5.37 Å². The molecule has 3 aromatic carbocycles. The van der Waals surface area contributed by atoms with Crippen LogP contribution in [0.15, 0.2) is 71.6 Å². The molecule has 0 aliphatic carbocycles. The Bertz CT molecular complexity index is 1990. The molecule has 48 heavy (non-hydrogen) atoms. The van der Waals surface area contributed by atoms with Crippen molar-refractivity contribution >= 4 is 87.6 Å².